The molecule has 2 rings (SSSR count). The lowest BCUT2D eigenvalue weighted by Gasteiger charge is -2.13. The van der Waals surface area contributed by atoms with Crippen molar-refractivity contribution in [1.82, 2.24) is 0 Å². The van der Waals surface area contributed by atoms with Crippen LogP contribution < -0.4 is 14.8 Å². The predicted octanol–water partition coefficient (Wildman–Crippen LogP) is 2.00. The molecule has 1 amide bonds. The molecule has 1 aliphatic carbocycles. The minimum atomic E-state index is -1.13. The fourth-order valence-corrected chi connectivity index (χ4v) is 2.07. The Morgan fingerprint density at radius 2 is 1.80 bits per heavy atom. The van der Waals surface area contributed by atoms with Gasteiger partial charge in [-0.3, -0.25) is 4.79 Å². The standard InChI is InChI=1S/C14H17NO5/c1-7-4-8(7)13(16)15-10-6-12(20-3)11(19-2)5-9(10)14(17)18/h5-8H,4H2,1-3H3,(H,15,16)(H,17,18)/t7-,8-/m1/s1. The summed E-state index contributed by atoms with van der Waals surface area (Å²) in [5.41, 5.74) is 0.198. The zero-order chi connectivity index (χ0) is 14.9. The molecular formula is C14H17NO5. The number of anilines is 1. The quantitative estimate of drug-likeness (QED) is 0.861. The van der Waals surface area contributed by atoms with Crippen molar-refractivity contribution in [3.63, 3.8) is 0 Å². The van der Waals surface area contributed by atoms with Crippen LogP contribution in [-0.4, -0.2) is 31.2 Å². The summed E-state index contributed by atoms with van der Waals surface area (Å²) in [7, 11) is 2.88. The van der Waals surface area contributed by atoms with E-state index in [-0.39, 0.29) is 23.1 Å². The molecule has 1 aliphatic rings. The second-order valence-corrected chi connectivity index (χ2v) is 4.87. The number of carbonyl (C=O) groups is 2. The van der Waals surface area contributed by atoms with Crippen molar-refractivity contribution in [3.8, 4) is 11.5 Å². The highest BCUT2D eigenvalue weighted by Gasteiger charge is 2.39. The lowest BCUT2D eigenvalue weighted by atomic mass is 10.1. The van der Waals surface area contributed by atoms with Crippen LogP contribution in [0.2, 0.25) is 0 Å². The van der Waals surface area contributed by atoms with Gasteiger partial charge in [-0.25, -0.2) is 4.79 Å². The van der Waals surface area contributed by atoms with E-state index in [1.807, 2.05) is 6.92 Å². The molecule has 0 spiro atoms. The van der Waals surface area contributed by atoms with E-state index < -0.39 is 5.97 Å². The maximum absolute atomic E-state index is 11.9. The number of hydrogen-bond donors (Lipinski definition) is 2. The molecular weight excluding hydrogens is 262 g/mol. The van der Waals surface area contributed by atoms with E-state index in [2.05, 4.69) is 5.32 Å². The number of aromatic carboxylic acids is 1. The first-order valence-electron chi connectivity index (χ1n) is 6.28. The zero-order valence-electron chi connectivity index (χ0n) is 11.6. The number of ether oxygens (including phenoxy) is 2. The number of methoxy groups -OCH3 is 2. The Bertz CT molecular complexity index is 555. The van der Waals surface area contributed by atoms with E-state index in [1.165, 1.54) is 26.4 Å². The molecule has 0 saturated heterocycles. The molecule has 0 aromatic heterocycles. The average Bonchev–Trinajstić information content (AvgIpc) is 3.15. The predicted molar refractivity (Wildman–Crippen MR) is 72.4 cm³/mol. The molecule has 2 N–H and O–H groups in total. The van der Waals surface area contributed by atoms with Crippen LogP contribution in [0.4, 0.5) is 5.69 Å². The van der Waals surface area contributed by atoms with Crippen molar-refractivity contribution in [3.05, 3.63) is 17.7 Å². The number of hydrogen-bond acceptors (Lipinski definition) is 4. The summed E-state index contributed by atoms with van der Waals surface area (Å²) in [5, 5.41) is 11.9. The molecule has 0 bridgehead atoms. The Labute approximate surface area is 116 Å². The topological polar surface area (TPSA) is 84.9 Å². The summed E-state index contributed by atoms with van der Waals surface area (Å²) < 4.78 is 10.2. The van der Waals surface area contributed by atoms with Gasteiger partial charge in [0.25, 0.3) is 0 Å². The molecule has 1 aromatic rings. The number of amides is 1. The van der Waals surface area contributed by atoms with Crippen LogP contribution in [0.5, 0.6) is 11.5 Å². The molecule has 0 radical (unpaired) electrons. The van der Waals surface area contributed by atoms with E-state index in [9.17, 15) is 14.7 Å². The van der Waals surface area contributed by atoms with Gasteiger partial charge in [0.15, 0.2) is 11.5 Å². The van der Waals surface area contributed by atoms with Crippen molar-refractivity contribution >= 4 is 17.6 Å². The minimum absolute atomic E-state index is 0.0238. The monoisotopic (exact) mass is 279 g/mol. The van der Waals surface area contributed by atoms with Gasteiger partial charge in [-0.1, -0.05) is 6.92 Å². The van der Waals surface area contributed by atoms with Crippen LogP contribution in [0.1, 0.15) is 23.7 Å². The summed E-state index contributed by atoms with van der Waals surface area (Å²) in [6, 6.07) is 2.81. The third kappa shape index (κ3) is 2.68. The van der Waals surface area contributed by atoms with Gasteiger partial charge in [0.05, 0.1) is 25.5 Å². The number of carbonyl (C=O) groups excluding carboxylic acids is 1. The molecule has 20 heavy (non-hydrogen) atoms. The van der Waals surface area contributed by atoms with Crippen LogP contribution in [0.3, 0.4) is 0 Å². The van der Waals surface area contributed by atoms with Crippen molar-refractivity contribution in [2.45, 2.75) is 13.3 Å². The van der Waals surface area contributed by atoms with E-state index in [1.54, 1.807) is 0 Å². The van der Waals surface area contributed by atoms with Crippen LogP contribution in [0.25, 0.3) is 0 Å². The summed E-state index contributed by atoms with van der Waals surface area (Å²) in [5.74, 6) is -0.301. The first kappa shape index (κ1) is 14.2. The highest BCUT2D eigenvalue weighted by atomic mass is 16.5. The van der Waals surface area contributed by atoms with Crippen LogP contribution >= 0.6 is 0 Å². The number of carboxylic acids is 1. The Kier molecular flexibility index (Phi) is 3.83. The van der Waals surface area contributed by atoms with E-state index in [0.717, 1.165) is 6.42 Å². The minimum Gasteiger partial charge on any atom is -0.493 e. The number of carboxylic acid groups (broad SMARTS) is 1. The summed E-state index contributed by atoms with van der Waals surface area (Å²) in [6.07, 6.45) is 0.835. The molecule has 108 valence electrons. The van der Waals surface area contributed by atoms with Crippen molar-refractivity contribution < 1.29 is 24.2 Å². The molecule has 6 heteroatoms. The fourth-order valence-electron chi connectivity index (χ4n) is 2.07. The third-order valence-corrected chi connectivity index (χ3v) is 3.46. The maximum Gasteiger partial charge on any atom is 0.337 e. The van der Waals surface area contributed by atoms with Crippen LogP contribution in [-0.2, 0) is 4.79 Å². The van der Waals surface area contributed by atoms with Crippen LogP contribution in [0, 0.1) is 11.8 Å². The van der Waals surface area contributed by atoms with Crippen molar-refractivity contribution in [2.75, 3.05) is 19.5 Å². The number of nitrogens with one attached hydrogen (secondary N) is 1. The lowest BCUT2D eigenvalue weighted by Crippen LogP contribution is -2.17. The number of rotatable bonds is 5. The van der Waals surface area contributed by atoms with Crippen molar-refractivity contribution in [1.29, 1.82) is 0 Å². The Hall–Kier alpha value is -2.24. The number of benzene rings is 1. The maximum atomic E-state index is 11.9. The van der Waals surface area contributed by atoms with Gasteiger partial charge in [0.1, 0.15) is 0 Å². The Morgan fingerprint density at radius 3 is 2.25 bits per heavy atom. The molecule has 1 saturated carbocycles. The Balaban J connectivity index is 2.34. The van der Waals surface area contributed by atoms with E-state index in [0.29, 0.717) is 17.4 Å². The normalized spacial score (nSPS) is 20.1. The van der Waals surface area contributed by atoms with E-state index in [4.69, 9.17) is 9.47 Å². The average molecular weight is 279 g/mol. The van der Waals surface area contributed by atoms with Gasteiger partial charge < -0.3 is 19.9 Å². The fraction of sp³-hybridized carbons (Fsp3) is 0.429. The first-order valence-corrected chi connectivity index (χ1v) is 6.28. The summed E-state index contributed by atoms with van der Waals surface area (Å²) in [6.45, 7) is 1.98. The summed E-state index contributed by atoms with van der Waals surface area (Å²) in [4.78, 5) is 23.2. The smallest absolute Gasteiger partial charge is 0.337 e. The Morgan fingerprint density at radius 1 is 1.25 bits per heavy atom. The van der Waals surface area contributed by atoms with Gasteiger partial charge in [-0.15, -0.1) is 0 Å². The highest BCUT2D eigenvalue weighted by Crippen LogP contribution is 2.39. The molecule has 1 fully saturated rings. The van der Waals surface area contributed by atoms with Gasteiger partial charge in [0, 0.05) is 18.1 Å². The highest BCUT2D eigenvalue weighted by molar-refractivity contribution is 6.02. The van der Waals surface area contributed by atoms with Gasteiger partial charge in [0.2, 0.25) is 5.91 Å². The second kappa shape index (κ2) is 5.40. The second-order valence-electron chi connectivity index (χ2n) is 4.87. The molecule has 2 atom stereocenters. The largest absolute Gasteiger partial charge is 0.493 e. The van der Waals surface area contributed by atoms with Crippen molar-refractivity contribution in [2.24, 2.45) is 11.8 Å². The first-order chi connectivity index (χ1) is 9.47. The molecule has 0 heterocycles. The molecule has 0 aliphatic heterocycles. The third-order valence-electron chi connectivity index (χ3n) is 3.46. The van der Waals surface area contributed by atoms with Gasteiger partial charge >= 0.3 is 5.97 Å². The zero-order valence-corrected chi connectivity index (χ0v) is 11.6. The van der Waals surface area contributed by atoms with Gasteiger partial charge in [-0.2, -0.15) is 0 Å². The summed E-state index contributed by atoms with van der Waals surface area (Å²) >= 11 is 0. The molecule has 6 nitrogen and oxygen atoms in total. The SMILES string of the molecule is COc1cc(NC(=O)[C@@H]2C[C@H]2C)c(C(=O)O)cc1OC. The lowest BCUT2D eigenvalue weighted by molar-refractivity contribution is -0.117. The van der Waals surface area contributed by atoms with Crippen LogP contribution in [0.15, 0.2) is 12.1 Å². The van der Waals surface area contributed by atoms with E-state index >= 15 is 0 Å². The molecule has 0 unspecified atom stereocenters. The van der Waals surface area contributed by atoms with Gasteiger partial charge in [-0.05, 0) is 12.3 Å². The molecule has 1 aromatic carbocycles.